The maximum Gasteiger partial charge on any atom is 0.291 e. The minimum Gasteiger partial charge on any atom is -0.455 e. The molecule has 2 N–H and O–H groups in total. The van der Waals surface area contributed by atoms with Crippen LogP contribution in [0.15, 0.2) is 39.8 Å². The van der Waals surface area contributed by atoms with Crippen LogP contribution in [0.5, 0.6) is 0 Å². The number of aromatic nitrogens is 2. The minimum absolute atomic E-state index is 0.0371. The van der Waals surface area contributed by atoms with Crippen molar-refractivity contribution < 1.29 is 17.6 Å². The number of carbonyl (C=O) groups is 1. The summed E-state index contributed by atoms with van der Waals surface area (Å²) in [6, 6.07) is 6.61. The van der Waals surface area contributed by atoms with Gasteiger partial charge in [0, 0.05) is 30.2 Å². The second kappa shape index (κ2) is 6.26. The second-order valence-electron chi connectivity index (χ2n) is 6.27. The minimum atomic E-state index is -3.63. The lowest BCUT2D eigenvalue weighted by atomic mass is 10.2. The summed E-state index contributed by atoms with van der Waals surface area (Å²) < 4.78 is 32.2. The number of carbonyl (C=O) groups excluding carboxylic acids is 1. The summed E-state index contributed by atoms with van der Waals surface area (Å²) in [6.07, 6.45) is 3.38. The largest absolute Gasteiger partial charge is 0.455 e. The van der Waals surface area contributed by atoms with E-state index in [1.807, 2.05) is 6.07 Å². The van der Waals surface area contributed by atoms with E-state index in [1.165, 1.54) is 10.4 Å². The lowest BCUT2D eigenvalue weighted by Crippen LogP contribution is -2.28. The van der Waals surface area contributed by atoms with Crippen molar-refractivity contribution in [3.63, 3.8) is 0 Å². The molecule has 3 aromatic rings. The highest BCUT2D eigenvalue weighted by Gasteiger charge is 2.31. The maximum absolute atomic E-state index is 12.7. The van der Waals surface area contributed by atoms with Crippen molar-refractivity contribution in [3.05, 3.63) is 42.0 Å². The van der Waals surface area contributed by atoms with Gasteiger partial charge < -0.3 is 9.73 Å². The van der Waals surface area contributed by atoms with Crippen LogP contribution in [-0.2, 0) is 10.0 Å². The number of anilines is 1. The number of benzene rings is 1. The smallest absolute Gasteiger partial charge is 0.291 e. The molecule has 0 atom stereocenters. The third kappa shape index (κ3) is 2.89. The van der Waals surface area contributed by atoms with Gasteiger partial charge in [-0.05, 0) is 38.0 Å². The number of aryl methyl sites for hydroxylation is 1. The molecule has 1 amide bonds. The number of sulfonamides is 1. The molecule has 136 valence electrons. The van der Waals surface area contributed by atoms with Crippen LogP contribution in [-0.4, -0.2) is 41.9 Å². The Balaban J connectivity index is 1.58. The molecule has 3 heterocycles. The highest BCUT2D eigenvalue weighted by molar-refractivity contribution is 7.89. The van der Waals surface area contributed by atoms with Gasteiger partial charge in [0.15, 0.2) is 5.76 Å². The van der Waals surface area contributed by atoms with Crippen LogP contribution >= 0.6 is 0 Å². The Morgan fingerprint density at radius 1 is 1.27 bits per heavy atom. The Morgan fingerprint density at radius 2 is 2.04 bits per heavy atom. The van der Waals surface area contributed by atoms with E-state index >= 15 is 0 Å². The predicted octanol–water partition coefficient (Wildman–Crippen LogP) is 2.50. The molecule has 9 heteroatoms. The standard InChI is InChI=1S/C17H18N4O4S/c1-11-16(26(23,24)21-6-2-3-7-21)9-15(25-11)17(22)19-13-5-4-12-10-18-20-14(12)8-13/h4-5,8-10H,2-3,6-7H2,1H3,(H,18,20)(H,19,22). The lowest BCUT2D eigenvalue weighted by molar-refractivity contribution is 0.0995. The van der Waals surface area contributed by atoms with Crippen molar-refractivity contribution in [2.24, 2.45) is 0 Å². The maximum atomic E-state index is 12.7. The van der Waals surface area contributed by atoms with Crippen LogP contribution in [0.1, 0.15) is 29.2 Å². The summed E-state index contributed by atoms with van der Waals surface area (Å²) in [6.45, 7) is 2.55. The van der Waals surface area contributed by atoms with Crippen molar-refractivity contribution >= 4 is 32.5 Å². The van der Waals surface area contributed by atoms with Gasteiger partial charge in [0.25, 0.3) is 5.91 Å². The Hall–Kier alpha value is -2.65. The number of rotatable bonds is 4. The highest BCUT2D eigenvalue weighted by Crippen LogP contribution is 2.27. The molecule has 26 heavy (non-hydrogen) atoms. The summed E-state index contributed by atoms with van der Waals surface area (Å²) in [4.78, 5) is 12.5. The van der Waals surface area contributed by atoms with Crippen LogP contribution in [0.25, 0.3) is 10.9 Å². The van der Waals surface area contributed by atoms with Gasteiger partial charge in [0.2, 0.25) is 10.0 Å². The first-order chi connectivity index (χ1) is 12.4. The average Bonchev–Trinajstić information content (AvgIpc) is 3.34. The van der Waals surface area contributed by atoms with Crippen molar-refractivity contribution in [2.75, 3.05) is 18.4 Å². The van der Waals surface area contributed by atoms with Crippen LogP contribution in [0.2, 0.25) is 0 Å². The molecule has 0 aliphatic carbocycles. The Bertz CT molecular complexity index is 1080. The summed E-state index contributed by atoms with van der Waals surface area (Å²) in [5.41, 5.74) is 1.35. The van der Waals surface area contributed by atoms with Gasteiger partial charge in [-0.1, -0.05) is 0 Å². The quantitative estimate of drug-likeness (QED) is 0.729. The first-order valence-electron chi connectivity index (χ1n) is 8.30. The molecular weight excluding hydrogens is 356 g/mol. The van der Waals surface area contributed by atoms with Gasteiger partial charge in [-0.15, -0.1) is 0 Å². The average molecular weight is 374 g/mol. The molecule has 0 saturated carbocycles. The Labute approximate surface area is 150 Å². The van der Waals surface area contributed by atoms with Crippen molar-refractivity contribution in [2.45, 2.75) is 24.7 Å². The van der Waals surface area contributed by atoms with Gasteiger partial charge >= 0.3 is 0 Å². The molecule has 1 aliphatic heterocycles. The molecule has 0 bridgehead atoms. The van der Waals surface area contributed by atoms with Crippen molar-refractivity contribution in [1.82, 2.24) is 14.5 Å². The molecular formula is C17H18N4O4S. The lowest BCUT2D eigenvalue weighted by Gasteiger charge is -2.14. The number of hydrogen-bond donors (Lipinski definition) is 2. The van der Waals surface area contributed by atoms with Crippen molar-refractivity contribution in [1.29, 1.82) is 0 Å². The summed E-state index contributed by atoms with van der Waals surface area (Å²) in [5.74, 6) is -0.328. The molecule has 1 aromatic carbocycles. The monoisotopic (exact) mass is 374 g/mol. The zero-order chi connectivity index (χ0) is 18.3. The van der Waals surface area contributed by atoms with E-state index in [2.05, 4.69) is 15.5 Å². The number of aromatic amines is 1. The molecule has 1 aliphatic rings. The number of hydrogen-bond acceptors (Lipinski definition) is 5. The van der Waals surface area contributed by atoms with Gasteiger partial charge in [-0.2, -0.15) is 9.40 Å². The van der Waals surface area contributed by atoms with Crippen LogP contribution in [0.4, 0.5) is 5.69 Å². The fourth-order valence-corrected chi connectivity index (χ4v) is 4.79. The van der Waals surface area contributed by atoms with Gasteiger partial charge in [-0.25, -0.2) is 8.42 Å². The topological polar surface area (TPSA) is 108 Å². The summed E-state index contributed by atoms with van der Waals surface area (Å²) in [5, 5.41) is 10.4. The van der Waals surface area contributed by atoms with E-state index in [-0.39, 0.29) is 16.4 Å². The van der Waals surface area contributed by atoms with Gasteiger partial charge in [-0.3, -0.25) is 9.89 Å². The van der Waals surface area contributed by atoms with Gasteiger partial charge in [0.05, 0.1) is 11.7 Å². The highest BCUT2D eigenvalue weighted by atomic mass is 32.2. The van der Waals surface area contributed by atoms with E-state index in [1.54, 1.807) is 25.3 Å². The number of furan rings is 1. The van der Waals surface area contributed by atoms with Crippen LogP contribution < -0.4 is 5.32 Å². The third-order valence-corrected chi connectivity index (χ3v) is 6.48. The van der Waals surface area contributed by atoms with Crippen molar-refractivity contribution in [3.8, 4) is 0 Å². The van der Waals surface area contributed by atoms with Gasteiger partial charge in [0.1, 0.15) is 10.7 Å². The first kappa shape index (κ1) is 16.8. The SMILES string of the molecule is Cc1oc(C(=O)Nc2ccc3cn[nH]c3c2)cc1S(=O)(=O)N1CCCC1. The fourth-order valence-electron chi connectivity index (χ4n) is 3.11. The number of nitrogens with one attached hydrogen (secondary N) is 2. The fraction of sp³-hybridized carbons (Fsp3) is 0.294. The number of amides is 1. The molecule has 0 radical (unpaired) electrons. The van der Waals surface area contributed by atoms with E-state index < -0.39 is 15.9 Å². The van der Waals surface area contributed by atoms with Crippen LogP contribution in [0.3, 0.4) is 0 Å². The second-order valence-corrected chi connectivity index (χ2v) is 8.17. The predicted molar refractivity (Wildman–Crippen MR) is 95.5 cm³/mol. The normalized spacial score (nSPS) is 15.6. The molecule has 1 saturated heterocycles. The third-order valence-electron chi connectivity index (χ3n) is 4.48. The molecule has 1 fully saturated rings. The summed E-state index contributed by atoms with van der Waals surface area (Å²) in [7, 11) is -3.63. The Morgan fingerprint density at radius 3 is 2.81 bits per heavy atom. The molecule has 0 spiro atoms. The number of H-pyrrole nitrogens is 1. The molecule has 4 rings (SSSR count). The van der Waals surface area contributed by atoms with Crippen LogP contribution in [0, 0.1) is 6.92 Å². The molecule has 8 nitrogen and oxygen atoms in total. The van der Waals surface area contributed by atoms with E-state index in [0.29, 0.717) is 18.8 Å². The first-order valence-corrected chi connectivity index (χ1v) is 9.74. The number of fused-ring (bicyclic) bond motifs is 1. The van der Waals surface area contributed by atoms with E-state index in [9.17, 15) is 13.2 Å². The van der Waals surface area contributed by atoms with E-state index in [4.69, 9.17) is 4.42 Å². The number of nitrogens with zero attached hydrogens (tertiary/aromatic N) is 2. The zero-order valence-corrected chi connectivity index (χ0v) is 15.0. The molecule has 0 unspecified atom stereocenters. The van der Waals surface area contributed by atoms with E-state index in [0.717, 1.165) is 23.7 Å². The zero-order valence-electron chi connectivity index (χ0n) is 14.2. The summed E-state index contributed by atoms with van der Waals surface area (Å²) >= 11 is 0. The Kier molecular flexibility index (Phi) is 4.04. The molecule has 2 aromatic heterocycles.